The second-order valence-corrected chi connectivity index (χ2v) is 7.76. The van der Waals surface area contributed by atoms with Gasteiger partial charge in [0.05, 0.1) is 35.2 Å². The molecule has 0 aliphatic rings. The highest BCUT2D eigenvalue weighted by molar-refractivity contribution is 8.00. The number of rotatable bonds is 6. The van der Waals surface area contributed by atoms with E-state index in [0.717, 1.165) is 11.1 Å². The first-order valence-corrected chi connectivity index (χ1v) is 10.5. The van der Waals surface area contributed by atoms with Crippen molar-refractivity contribution in [1.82, 2.24) is 19.7 Å². The first-order valence-electron chi connectivity index (χ1n) is 9.09. The summed E-state index contributed by atoms with van der Waals surface area (Å²) in [6.07, 6.45) is 1.73. The fraction of sp³-hybridized carbons (Fsp3) is 0.143. The van der Waals surface area contributed by atoms with Crippen LogP contribution in [-0.2, 0) is 4.79 Å². The van der Waals surface area contributed by atoms with Crippen molar-refractivity contribution in [2.24, 2.45) is 0 Å². The Kier molecular flexibility index (Phi) is 5.87. The SMILES string of the molecule is COc1ccc(NC(=O)CSc2nc(C)nc3c2cnn3-c2ccccc2)cc1Cl. The number of hydrogen-bond acceptors (Lipinski definition) is 6. The second-order valence-electron chi connectivity index (χ2n) is 6.39. The van der Waals surface area contributed by atoms with E-state index in [9.17, 15) is 4.79 Å². The molecule has 1 amide bonds. The second kappa shape index (κ2) is 8.73. The van der Waals surface area contributed by atoms with Crippen LogP contribution in [0.2, 0.25) is 5.02 Å². The summed E-state index contributed by atoms with van der Waals surface area (Å²) in [5.41, 5.74) is 2.22. The van der Waals surface area contributed by atoms with Crippen LogP contribution in [-0.4, -0.2) is 38.5 Å². The average Bonchev–Trinajstić information content (AvgIpc) is 3.16. The van der Waals surface area contributed by atoms with Crippen molar-refractivity contribution in [3.05, 3.63) is 65.6 Å². The number of fused-ring (bicyclic) bond motifs is 1. The summed E-state index contributed by atoms with van der Waals surface area (Å²) in [4.78, 5) is 21.5. The molecule has 0 atom stereocenters. The average molecular weight is 440 g/mol. The Morgan fingerprint density at radius 3 is 2.73 bits per heavy atom. The lowest BCUT2D eigenvalue weighted by molar-refractivity contribution is -0.113. The standard InChI is InChI=1S/C21H18ClN5O2S/c1-13-24-20-16(11-23-27(20)15-6-4-3-5-7-15)21(25-13)30-12-19(28)26-14-8-9-18(29-2)17(22)10-14/h3-11H,12H2,1-2H3,(H,26,28). The fourth-order valence-electron chi connectivity index (χ4n) is 2.93. The minimum Gasteiger partial charge on any atom is -0.495 e. The molecule has 0 bridgehead atoms. The van der Waals surface area contributed by atoms with Crippen LogP contribution in [0, 0.1) is 6.92 Å². The van der Waals surface area contributed by atoms with E-state index in [1.807, 2.05) is 37.3 Å². The molecule has 0 aliphatic heterocycles. The zero-order valence-electron chi connectivity index (χ0n) is 16.3. The molecule has 7 nitrogen and oxygen atoms in total. The molecule has 0 radical (unpaired) electrons. The Morgan fingerprint density at radius 1 is 1.20 bits per heavy atom. The van der Waals surface area contributed by atoms with Crippen molar-refractivity contribution in [2.75, 3.05) is 18.2 Å². The van der Waals surface area contributed by atoms with E-state index < -0.39 is 0 Å². The van der Waals surface area contributed by atoms with Crippen molar-refractivity contribution in [1.29, 1.82) is 0 Å². The minimum atomic E-state index is -0.166. The van der Waals surface area contributed by atoms with Crippen molar-refractivity contribution in [2.45, 2.75) is 11.9 Å². The summed E-state index contributed by atoms with van der Waals surface area (Å²) in [5, 5.41) is 9.24. The molecule has 0 spiro atoms. The van der Waals surface area contributed by atoms with Gasteiger partial charge < -0.3 is 10.1 Å². The number of halogens is 1. The number of ether oxygens (including phenoxy) is 1. The summed E-state index contributed by atoms with van der Waals surface area (Å²) < 4.78 is 6.90. The largest absolute Gasteiger partial charge is 0.495 e. The van der Waals surface area contributed by atoms with Gasteiger partial charge in [-0.15, -0.1) is 0 Å². The summed E-state index contributed by atoms with van der Waals surface area (Å²) in [7, 11) is 1.54. The number of amides is 1. The van der Waals surface area contributed by atoms with E-state index in [-0.39, 0.29) is 11.7 Å². The van der Waals surface area contributed by atoms with Gasteiger partial charge in [-0.25, -0.2) is 14.6 Å². The Labute approximate surface area is 182 Å². The third-order valence-electron chi connectivity index (χ3n) is 4.28. The molecule has 0 saturated carbocycles. The van der Waals surface area contributed by atoms with Gasteiger partial charge in [-0.2, -0.15) is 5.10 Å². The smallest absolute Gasteiger partial charge is 0.234 e. The van der Waals surface area contributed by atoms with Crippen molar-refractivity contribution < 1.29 is 9.53 Å². The molecule has 2 heterocycles. The summed E-state index contributed by atoms with van der Waals surface area (Å²) in [5.74, 6) is 1.19. The molecule has 0 unspecified atom stereocenters. The van der Waals surface area contributed by atoms with E-state index in [2.05, 4.69) is 20.4 Å². The van der Waals surface area contributed by atoms with Crippen LogP contribution in [0.25, 0.3) is 16.7 Å². The van der Waals surface area contributed by atoms with Gasteiger partial charge in [-0.3, -0.25) is 4.79 Å². The Balaban J connectivity index is 1.52. The molecule has 2 aromatic carbocycles. The predicted octanol–water partition coefficient (Wildman–Crippen LogP) is 4.52. The highest BCUT2D eigenvalue weighted by atomic mass is 35.5. The minimum absolute atomic E-state index is 0.166. The molecule has 30 heavy (non-hydrogen) atoms. The molecule has 4 rings (SSSR count). The summed E-state index contributed by atoms with van der Waals surface area (Å²) >= 11 is 7.45. The third-order valence-corrected chi connectivity index (χ3v) is 5.57. The highest BCUT2D eigenvalue weighted by Gasteiger charge is 2.15. The normalized spacial score (nSPS) is 10.9. The number of nitrogens with zero attached hydrogens (tertiary/aromatic N) is 4. The Morgan fingerprint density at radius 2 is 2.00 bits per heavy atom. The summed E-state index contributed by atoms with van der Waals surface area (Å²) in [6.45, 7) is 1.82. The topological polar surface area (TPSA) is 81.9 Å². The van der Waals surface area contributed by atoms with Crippen LogP contribution in [0.4, 0.5) is 5.69 Å². The number of aromatic nitrogens is 4. The molecule has 1 N–H and O–H groups in total. The molecule has 9 heteroatoms. The number of anilines is 1. The van der Waals surface area contributed by atoms with Crippen LogP contribution in [0.1, 0.15) is 5.82 Å². The molecule has 0 fully saturated rings. The van der Waals surface area contributed by atoms with E-state index >= 15 is 0 Å². The number of aryl methyl sites for hydroxylation is 1. The van der Waals surface area contributed by atoms with Crippen LogP contribution < -0.4 is 10.1 Å². The number of nitrogens with one attached hydrogen (secondary N) is 1. The Bertz CT molecular complexity index is 1210. The van der Waals surface area contributed by atoms with Gasteiger partial charge in [0.15, 0.2) is 5.65 Å². The lowest BCUT2D eigenvalue weighted by Gasteiger charge is -2.08. The monoisotopic (exact) mass is 439 g/mol. The predicted molar refractivity (Wildman–Crippen MR) is 119 cm³/mol. The van der Waals surface area contributed by atoms with E-state index in [1.54, 1.807) is 36.2 Å². The van der Waals surface area contributed by atoms with E-state index in [1.165, 1.54) is 11.8 Å². The number of hydrogen-bond donors (Lipinski definition) is 1. The zero-order valence-corrected chi connectivity index (χ0v) is 17.9. The number of benzene rings is 2. The zero-order chi connectivity index (χ0) is 21.1. The van der Waals surface area contributed by atoms with Crippen LogP contribution >= 0.6 is 23.4 Å². The molecular weight excluding hydrogens is 422 g/mol. The maximum atomic E-state index is 12.4. The highest BCUT2D eigenvalue weighted by Crippen LogP contribution is 2.29. The van der Waals surface area contributed by atoms with Gasteiger partial charge in [0, 0.05) is 5.69 Å². The van der Waals surface area contributed by atoms with Gasteiger partial charge in [-0.05, 0) is 37.3 Å². The number of carbonyl (C=O) groups is 1. The molecule has 0 aliphatic carbocycles. The molecule has 2 aromatic heterocycles. The van der Waals surface area contributed by atoms with Crippen LogP contribution in [0.15, 0.2) is 59.8 Å². The molecule has 0 saturated heterocycles. The van der Waals surface area contributed by atoms with Crippen molar-refractivity contribution >= 4 is 46.0 Å². The first-order chi connectivity index (χ1) is 14.5. The van der Waals surface area contributed by atoms with Crippen molar-refractivity contribution in [3.63, 3.8) is 0 Å². The third kappa shape index (κ3) is 4.24. The van der Waals surface area contributed by atoms with Crippen LogP contribution in [0.5, 0.6) is 5.75 Å². The van der Waals surface area contributed by atoms with Crippen molar-refractivity contribution in [3.8, 4) is 11.4 Å². The number of methoxy groups -OCH3 is 1. The molecule has 4 aromatic rings. The molecule has 152 valence electrons. The van der Waals surface area contributed by atoms with Gasteiger partial charge >= 0.3 is 0 Å². The van der Waals surface area contributed by atoms with E-state index in [4.69, 9.17) is 16.3 Å². The van der Waals surface area contributed by atoms with Gasteiger partial charge in [-0.1, -0.05) is 41.6 Å². The lowest BCUT2D eigenvalue weighted by Crippen LogP contribution is -2.14. The van der Waals surface area contributed by atoms with Gasteiger partial charge in [0.2, 0.25) is 5.91 Å². The van der Waals surface area contributed by atoms with Gasteiger partial charge in [0.25, 0.3) is 0 Å². The van der Waals surface area contributed by atoms with Crippen LogP contribution in [0.3, 0.4) is 0 Å². The first kappa shape index (κ1) is 20.2. The fourth-order valence-corrected chi connectivity index (χ4v) is 4.02. The summed E-state index contributed by atoms with van der Waals surface area (Å²) in [6, 6.07) is 14.9. The Hall–Kier alpha value is -3.10. The van der Waals surface area contributed by atoms with E-state index in [0.29, 0.717) is 33.0 Å². The van der Waals surface area contributed by atoms with Gasteiger partial charge in [0.1, 0.15) is 16.6 Å². The molecular formula is C21H18ClN5O2S. The number of thioether (sulfide) groups is 1. The number of carbonyl (C=O) groups excluding carboxylic acids is 1. The quantitative estimate of drug-likeness (QED) is 0.351. The maximum absolute atomic E-state index is 12.4. The maximum Gasteiger partial charge on any atom is 0.234 e. The lowest BCUT2D eigenvalue weighted by atomic mass is 10.3. The number of para-hydroxylation sites is 1.